The zero-order valence-electron chi connectivity index (χ0n) is 10.2. The van der Waals surface area contributed by atoms with E-state index in [1.807, 2.05) is 13.0 Å². The summed E-state index contributed by atoms with van der Waals surface area (Å²) in [4.78, 5) is 11.5. The van der Waals surface area contributed by atoms with Gasteiger partial charge in [-0.05, 0) is 37.5 Å². The summed E-state index contributed by atoms with van der Waals surface area (Å²) < 4.78 is 26.1. The molecular formula is C12H16N2O3S. The maximum atomic E-state index is 12.4. The summed E-state index contributed by atoms with van der Waals surface area (Å²) in [6.07, 6.45) is 1.17. The zero-order valence-corrected chi connectivity index (χ0v) is 11.0. The molecule has 2 rings (SSSR count). The topological polar surface area (TPSA) is 80.5 Å². The summed E-state index contributed by atoms with van der Waals surface area (Å²) >= 11 is 0. The Morgan fingerprint density at radius 3 is 2.78 bits per heavy atom. The van der Waals surface area contributed by atoms with Crippen molar-refractivity contribution < 1.29 is 13.2 Å². The largest absolute Gasteiger partial charge is 0.368 e. The second-order valence-electron chi connectivity index (χ2n) is 4.49. The van der Waals surface area contributed by atoms with Crippen LogP contribution in [-0.2, 0) is 14.8 Å². The smallest absolute Gasteiger partial charge is 0.243 e. The summed E-state index contributed by atoms with van der Waals surface area (Å²) in [7, 11) is -3.62. The number of aryl methyl sites for hydroxylation is 1. The molecule has 0 radical (unpaired) electrons. The van der Waals surface area contributed by atoms with E-state index in [4.69, 9.17) is 5.73 Å². The average molecular weight is 268 g/mol. The number of sulfonamides is 1. The first-order valence-corrected chi connectivity index (χ1v) is 7.25. The monoisotopic (exact) mass is 268 g/mol. The van der Waals surface area contributed by atoms with Gasteiger partial charge in [-0.1, -0.05) is 12.1 Å². The first kappa shape index (κ1) is 13.0. The Hall–Kier alpha value is -1.40. The Kier molecular flexibility index (Phi) is 3.41. The molecule has 98 valence electrons. The molecule has 0 bridgehead atoms. The van der Waals surface area contributed by atoms with Crippen LogP contribution in [-0.4, -0.2) is 31.2 Å². The van der Waals surface area contributed by atoms with Gasteiger partial charge < -0.3 is 5.73 Å². The molecule has 0 aliphatic carbocycles. The maximum absolute atomic E-state index is 12.4. The second kappa shape index (κ2) is 4.70. The molecule has 1 aromatic carbocycles. The molecule has 1 aliphatic rings. The molecule has 1 atom stereocenters. The van der Waals surface area contributed by atoms with E-state index in [0.29, 0.717) is 19.4 Å². The number of primary amides is 1. The maximum Gasteiger partial charge on any atom is 0.243 e. The van der Waals surface area contributed by atoms with Gasteiger partial charge in [0.05, 0.1) is 4.90 Å². The van der Waals surface area contributed by atoms with Crippen molar-refractivity contribution in [3.05, 3.63) is 29.8 Å². The van der Waals surface area contributed by atoms with Crippen LogP contribution in [0.15, 0.2) is 29.2 Å². The molecule has 2 N–H and O–H groups in total. The third-order valence-corrected chi connectivity index (χ3v) is 5.03. The quantitative estimate of drug-likeness (QED) is 0.873. The standard InChI is InChI=1S/C12H16N2O3S/c1-9-4-2-5-10(8-9)18(16,17)14-7-3-6-11(14)12(13)15/h2,4-5,8,11H,3,6-7H2,1H3,(H2,13,15)/t11-/m0/s1. The first-order valence-electron chi connectivity index (χ1n) is 5.81. The molecule has 1 amide bonds. The molecule has 1 fully saturated rings. The molecule has 18 heavy (non-hydrogen) atoms. The van der Waals surface area contributed by atoms with Crippen molar-refractivity contribution in [3.8, 4) is 0 Å². The van der Waals surface area contributed by atoms with Crippen molar-refractivity contribution in [2.45, 2.75) is 30.7 Å². The minimum atomic E-state index is -3.62. The minimum Gasteiger partial charge on any atom is -0.368 e. The number of nitrogens with two attached hydrogens (primary N) is 1. The predicted molar refractivity (Wildman–Crippen MR) is 67.3 cm³/mol. The molecule has 1 heterocycles. The molecular weight excluding hydrogens is 252 g/mol. The highest BCUT2D eigenvalue weighted by Gasteiger charge is 2.38. The Balaban J connectivity index is 2.40. The summed E-state index contributed by atoms with van der Waals surface area (Å²) in [6.45, 7) is 2.18. The molecule has 1 aromatic rings. The van der Waals surface area contributed by atoms with Gasteiger partial charge >= 0.3 is 0 Å². The highest BCUT2D eigenvalue weighted by atomic mass is 32.2. The summed E-state index contributed by atoms with van der Waals surface area (Å²) in [6, 6.07) is 5.95. The fourth-order valence-electron chi connectivity index (χ4n) is 2.22. The van der Waals surface area contributed by atoms with Crippen LogP contribution in [0.4, 0.5) is 0 Å². The van der Waals surface area contributed by atoms with Gasteiger partial charge in [0.2, 0.25) is 15.9 Å². The van der Waals surface area contributed by atoms with Crippen molar-refractivity contribution in [1.82, 2.24) is 4.31 Å². The lowest BCUT2D eigenvalue weighted by atomic mass is 10.2. The molecule has 0 saturated carbocycles. The number of hydrogen-bond acceptors (Lipinski definition) is 3. The van der Waals surface area contributed by atoms with Gasteiger partial charge in [0.1, 0.15) is 6.04 Å². The van der Waals surface area contributed by atoms with Crippen molar-refractivity contribution >= 4 is 15.9 Å². The Morgan fingerprint density at radius 2 is 2.17 bits per heavy atom. The molecule has 6 heteroatoms. The third-order valence-electron chi connectivity index (χ3n) is 3.13. The molecule has 5 nitrogen and oxygen atoms in total. The lowest BCUT2D eigenvalue weighted by Gasteiger charge is -2.21. The van der Waals surface area contributed by atoms with Gasteiger partial charge in [-0.15, -0.1) is 0 Å². The SMILES string of the molecule is Cc1cccc(S(=O)(=O)N2CCC[C@H]2C(N)=O)c1. The first-order chi connectivity index (χ1) is 8.43. The van der Waals surface area contributed by atoms with Crippen LogP contribution >= 0.6 is 0 Å². The van der Waals surface area contributed by atoms with Gasteiger partial charge in [0, 0.05) is 6.54 Å². The number of carbonyl (C=O) groups excluding carboxylic acids is 1. The van der Waals surface area contributed by atoms with Crippen molar-refractivity contribution in [1.29, 1.82) is 0 Å². The number of nitrogens with zero attached hydrogens (tertiary/aromatic N) is 1. The number of amides is 1. The molecule has 0 unspecified atom stereocenters. The Labute approximate surface area is 107 Å². The highest BCUT2D eigenvalue weighted by molar-refractivity contribution is 7.89. The predicted octanol–water partition coefficient (Wildman–Crippen LogP) is 0.633. The number of rotatable bonds is 3. The van der Waals surface area contributed by atoms with Crippen LogP contribution < -0.4 is 5.73 Å². The van der Waals surface area contributed by atoms with Crippen LogP contribution in [0.1, 0.15) is 18.4 Å². The highest BCUT2D eigenvalue weighted by Crippen LogP contribution is 2.26. The van der Waals surface area contributed by atoms with Gasteiger partial charge in [-0.3, -0.25) is 4.79 Å². The fourth-order valence-corrected chi connectivity index (χ4v) is 3.99. The summed E-state index contributed by atoms with van der Waals surface area (Å²) in [5.41, 5.74) is 6.11. The van der Waals surface area contributed by atoms with E-state index in [-0.39, 0.29) is 4.90 Å². The van der Waals surface area contributed by atoms with Crippen molar-refractivity contribution in [2.75, 3.05) is 6.54 Å². The lowest BCUT2D eigenvalue weighted by Crippen LogP contribution is -2.43. The second-order valence-corrected chi connectivity index (χ2v) is 6.38. The van der Waals surface area contributed by atoms with E-state index in [9.17, 15) is 13.2 Å². The van der Waals surface area contributed by atoms with E-state index >= 15 is 0 Å². The minimum absolute atomic E-state index is 0.218. The van der Waals surface area contributed by atoms with Crippen molar-refractivity contribution in [3.63, 3.8) is 0 Å². The van der Waals surface area contributed by atoms with E-state index < -0.39 is 22.0 Å². The van der Waals surface area contributed by atoms with Crippen LogP contribution in [0, 0.1) is 6.92 Å². The van der Waals surface area contributed by atoms with Gasteiger partial charge in [-0.2, -0.15) is 4.31 Å². The van der Waals surface area contributed by atoms with E-state index in [1.54, 1.807) is 18.2 Å². The Bertz CT molecular complexity index is 568. The number of benzene rings is 1. The zero-order chi connectivity index (χ0) is 13.3. The van der Waals surface area contributed by atoms with Gasteiger partial charge in [0.25, 0.3) is 0 Å². The molecule has 0 spiro atoms. The number of carbonyl (C=O) groups is 1. The van der Waals surface area contributed by atoms with E-state index in [0.717, 1.165) is 5.56 Å². The molecule has 1 aliphatic heterocycles. The average Bonchev–Trinajstić information content (AvgIpc) is 2.78. The number of hydrogen-bond donors (Lipinski definition) is 1. The Morgan fingerprint density at radius 1 is 1.44 bits per heavy atom. The normalized spacial score (nSPS) is 21.1. The molecule has 0 aromatic heterocycles. The summed E-state index contributed by atoms with van der Waals surface area (Å²) in [5.74, 6) is -0.580. The van der Waals surface area contributed by atoms with Crippen LogP contribution in [0.25, 0.3) is 0 Å². The fraction of sp³-hybridized carbons (Fsp3) is 0.417. The van der Waals surface area contributed by atoms with Crippen molar-refractivity contribution in [2.24, 2.45) is 5.73 Å². The van der Waals surface area contributed by atoms with E-state index in [1.165, 1.54) is 4.31 Å². The summed E-state index contributed by atoms with van der Waals surface area (Å²) in [5, 5.41) is 0. The van der Waals surface area contributed by atoms with E-state index in [2.05, 4.69) is 0 Å². The third kappa shape index (κ3) is 2.26. The molecule has 1 saturated heterocycles. The lowest BCUT2D eigenvalue weighted by molar-refractivity contribution is -0.121. The van der Waals surface area contributed by atoms with Crippen LogP contribution in [0.3, 0.4) is 0 Å². The van der Waals surface area contributed by atoms with Gasteiger partial charge in [-0.25, -0.2) is 8.42 Å². The van der Waals surface area contributed by atoms with Crippen LogP contribution in [0.5, 0.6) is 0 Å². The van der Waals surface area contributed by atoms with Gasteiger partial charge in [0.15, 0.2) is 0 Å². The van der Waals surface area contributed by atoms with Crippen LogP contribution in [0.2, 0.25) is 0 Å².